The highest BCUT2D eigenvalue weighted by Crippen LogP contribution is 2.07. The Hall–Kier alpha value is -1.50. The molecule has 1 saturated heterocycles. The highest BCUT2D eigenvalue weighted by molar-refractivity contribution is 5.93. The summed E-state index contributed by atoms with van der Waals surface area (Å²) < 4.78 is 12.8. The van der Waals surface area contributed by atoms with Crippen molar-refractivity contribution in [3.63, 3.8) is 0 Å². The van der Waals surface area contributed by atoms with E-state index in [1.54, 1.807) is 0 Å². The molecule has 0 aliphatic carbocycles. The summed E-state index contributed by atoms with van der Waals surface area (Å²) in [7, 11) is 2.04. The fourth-order valence-corrected chi connectivity index (χ4v) is 1.98. The lowest BCUT2D eigenvalue weighted by molar-refractivity contribution is -0.0939. The van der Waals surface area contributed by atoms with Gasteiger partial charge in [-0.3, -0.25) is 14.9 Å². The molecule has 1 aromatic rings. The van der Waals surface area contributed by atoms with Crippen molar-refractivity contribution < 1.29 is 14.4 Å². The Morgan fingerprint density at radius 2 is 1.84 bits per heavy atom. The lowest BCUT2D eigenvalue weighted by Gasteiger charge is -2.33. The zero-order valence-electron chi connectivity index (χ0n) is 10.9. The minimum absolute atomic E-state index is 0.171. The molecule has 6 heteroatoms. The van der Waals surface area contributed by atoms with Gasteiger partial charge in [0.15, 0.2) is 0 Å². The maximum atomic E-state index is 12.8. The van der Waals surface area contributed by atoms with E-state index in [0.29, 0.717) is 5.06 Å². The lowest BCUT2D eigenvalue weighted by atomic mass is 10.2. The van der Waals surface area contributed by atoms with Crippen LogP contribution in [-0.2, 0) is 0 Å². The number of halogens is 1. The molecule has 0 atom stereocenters. The molecule has 2 rings (SSSR count). The van der Waals surface area contributed by atoms with E-state index in [1.165, 1.54) is 24.3 Å². The average Bonchev–Trinajstić information content (AvgIpc) is 2.41. The summed E-state index contributed by atoms with van der Waals surface area (Å²) >= 11 is 0. The second kappa shape index (κ2) is 6.10. The monoisotopic (exact) mass is 267 g/mol. The molecule has 104 valence electrons. The fraction of sp³-hybridized carbons (Fsp3) is 0.462. The molecule has 0 spiro atoms. The van der Waals surface area contributed by atoms with Gasteiger partial charge in [-0.05, 0) is 31.3 Å². The molecular weight excluding hydrogens is 249 g/mol. The summed E-state index contributed by atoms with van der Waals surface area (Å²) in [6.07, 6.45) is 0. The Labute approximate surface area is 111 Å². The zero-order valence-corrected chi connectivity index (χ0v) is 10.9. The smallest absolute Gasteiger partial charge is 0.278 e. The predicted octanol–water partition coefficient (Wildman–Crippen LogP) is 0.862. The van der Waals surface area contributed by atoms with Gasteiger partial charge in [-0.15, -0.1) is 0 Å². The quantitative estimate of drug-likeness (QED) is 0.652. The maximum absolute atomic E-state index is 12.8. The summed E-state index contributed by atoms with van der Waals surface area (Å²) in [4.78, 5) is 16.1. The number of benzene rings is 1. The van der Waals surface area contributed by atoms with E-state index >= 15 is 0 Å². The zero-order chi connectivity index (χ0) is 13.8. The second-order valence-electron chi connectivity index (χ2n) is 4.77. The van der Waals surface area contributed by atoms with Gasteiger partial charge in [0.1, 0.15) is 12.5 Å². The van der Waals surface area contributed by atoms with Gasteiger partial charge in [0, 0.05) is 31.7 Å². The van der Waals surface area contributed by atoms with Crippen LogP contribution in [0.4, 0.5) is 4.39 Å². The highest BCUT2D eigenvalue weighted by Gasteiger charge is 2.19. The van der Waals surface area contributed by atoms with Crippen LogP contribution in [0, 0.1) is 5.82 Å². The summed E-state index contributed by atoms with van der Waals surface area (Å²) in [5.74, 6) is -0.918. The van der Waals surface area contributed by atoms with E-state index in [2.05, 4.69) is 4.90 Å². The third kappa shape index (κ3) is 3.73. The van der Waals surface area contributed by atoms with Crippen LogP contribution in [-0.4, -0.2) is 65.9 Å². The molecular formula is C13H18FN3O2. The first-order valence-electron chi connectivity index (χ1n) is 6.23. The Balaban J connectivity index is 1.90. The molecule has 1 amide bonds. The van der Waals surface area contributed by atoms with Gasteiger partial charge in [0.05, 0.1) is 0 Å². The number of hydrogen-bond donors (Lipinski definition) is 1. The molecule has 1 aliphatic heterocycles. The van der Waals surface area contributed by atoms with E-state index < -0.39 is 11.7 Å². The number of amides is 1. The molecule has 0 aromatic heterocycles. The van der Waals surface area contributed by atoms with Gasteiger partial charge in [0.25, 0.3) is 5.91 Å². The van der Waals surface area contributed by atoms with Crippen LogP contribution in [0.15, 0.2) is 24.3 Å². The lowest BCUT2D eigenvalue weighted by Crippen LogP contribution is -2.49. The van der Waals surface area contributed by atoms with Crippen LogP contribution in [0.25, 0.3) is 0 Å². The van der Waals surface area contributed by atoms with Crippen molar-refractivity contribution in [3.8, 4) is 0 Å². The first-order chi connectivity index (χ1) is 9.06. The van der Waals surface area contributed by atoms with Gasteiger partial charge in [-0.2, -0.15) is 0 Å². The molecule has 19 heavy (non-hydrogen) atoms. The van der Waals surface area contributed by atoms with Gasteiger partial charge in [-0.1, -0.05) is 0 Å². The van der Waals surface area contributed by atoms with E-state index in [1.807, 2.05) is 11.9 Å². The van der Waals surface area contributed by atoms with E-state index in [4.69, 9.17) is 0 Å². The molecule has 0 radical (unpaired) electrons. The Morgan fingerprint density at radius 1 is 1.26 bits per heavy atom. The molecule has 0 saturated carbocycles. The van der Waals surface area contributed by atoms with Crippen molar-refractivity contribution >= 4 is 5.91 Å². The van der Waals surface area contributed by atoms with Crippen LogP contribution in [0.3, 0.4) is 0 Å². The molecule has 1 aliphatic rings. The van der Waals surface area contributed by atoms with Gasteiger partial charge in [-0.25, -0.2) is 9.45 Å². The van der Waals surface area contributed by atoms with Crippen LogP contribution in [0.1, 0.15) is 10.4 Å². The second-order valence-corrected chi connectivity index (χ2v) is 4.77. The first kappa shape index (κ1) is 13.9. The van der Waals surface area contributed by atoms with Gasteiger partial charge < -0.3 is 4.90 Å². The number of piperazine rings is 1. The van der Waals surface area contributed by atoms with E-state index in [0.717, 1.165) is 26.2 Å². The van der Waals surface area contributed by atoms with Crippen LogP contribution < -0.4 is 0 Å². The van der Waals surface area contributed by atoms with Crippen molar-refractivity contribution in [2.24, 2.45) is 0 Å². The molecule has 1 N–H and O–H groups in total. The van der Waals surface area contributed by atoms with Crippen molar-refractivity contribution in [2.45, 2.75) is 0 Å². The number of carbonyl (C=O) groups excluding carboxylic acids is 1. The normalized spacial score (nSPS) is 17.4. The first-order valence-corrected chi connectivity index (χ1v) is 6.23. The van der Waals surface area contributed by atoms with E-state index in [9.17, 15) is 14.4 Å². The summed E-state index contributed by atoms with van der Waals surface area (Å²) in [6, 6.07) is 5.14. The number of hydrogen-bond acceptors (Lipinski definition) is 4. The molecule has 1 fully saturated rings. The summed E-state index contributed by atoms with van der Waals surface area (Å²) in [5, 5.41) is 10.5. The van der Waals surface area contributed by atoms with Crippen LogP contribution in [0.5, 0.6) is 0 Å². The Morgan fingerprint density at radius 3 is 2.42 bits per heavy atom. The molecule has 1 heterocycles. The molecule has 1 aromatic carbocycles. The van der Waals surface area contributed by atoms with Crippen LogP contribution in [0.2, 0.25) is 0 Å². The third-order valence-corrected chi connectivity index (χ3v) is 3.26. The summed E-state index contributed by atoms with van der Waals surface area (Å²) in [5.41, 5.74) is 0.276. The topological polar surface area (TPSA) is 47.0 Å². The van der Waals surface area contributed by atoms with Crippen molar-refractivity contribution in [1.29, 1.82) is 0 Å². The third-order valence-electron chi connectivity index (χ3n) is 3.26. The number of rotatable bonds is 3. The average molecular weight is 267 g/mol. The molecule has 0 bridgehead atoms. The van der Waals surface area contributed by atoms with Crippen LogP contribution >= 0.6 is 0 Å². The van der Waals surface area contributed by atoms with Crippen molar-refractivity contribution in [2.75, 3.05) is 39.9 Å². The van der Waals surface area contributed by atoms with E-state index in [-0.39, 0.29) is 12.2 Å². The minimum atomic E-state index is -0.515. The maximum Gasteiger partial charge on any atom is 0.278 e. The molecule has 0 unspecified atom stereocenters. The number of likely N-dealkylation sites (N-methyl/N-ethyl adjacent to an activating group) is 1. The van der Waals surface area contributed by atoms with Gasteiger partial charge >= 0.3 is 0 Å². The Kier molecular flexibility index (Phi) is 4.47. The fourth-order valence-electron chi connectivity index (χ4n) is 1.98. The number of nitrogens with zero attached hydrogens (tertiary/aromatic N) is 3. The highest BCUT2D eigenvalue weighted by atomic mass is 19.1. The van der Waals surface area contributed by atoms with Gasteiger partial charge in [0.2, 0.25) is 0 Å². The molecule has 5 nitrogen and oxygen atoms in total. The predicted molar refractivity (Wildman–Crippen MR) is 68.3 cm³/mol. The number of carbonyl (C=O) groups is 1. The standard InChI is InChI=1S/C13H18FN3O2/c1-15-6-8-16(9-7-15)10-17(19)13(18)11-2-4-12(14)5-3-11/h2-5,19H,6-10H2,1H3. The van der Waals surface area contributed by atoms with Crippen molar-refractivity contribution in [1.82, 2.24) is 14.9 Å². The Bertz CT molecular complexity index is 430. The summed E-state index contributed by atoms with van der Waals surface area (Å²) in [6.45, 7) is 3.62. The SMILES string of the molecule is CN1CCN(CN(O)C(=O)c2ccc(F)cc2)CC1. The number of hydroxylamine groups is 2. The largest absolute Gasteiger partial charge is 0.304 e. The minimum Gasteiger partial charge on any atom is -0.304 e. The van der Waals surface area contributed by atoms with Crippen molar-refractivity contribution in [3.05, 3.63) is 35.6 Å².